The normalized spacial score (nSPS) is 10.2. The smallest absolute Gasteiger partial charge is 0.0670 e. The van der Waals surface area contributed by atoms with Crippen LogP contribution < -0.4 is 0 Å². The van der Waals surface area contributed by atoms with Crippen LogP contribution in [-0.2, 0) is 6.42 Å². The van der Waals surface area contributed by atoms with Crippen LogP contribution in [0.25, 0.3) is 5.69 Å². The summed E-state index contributed by atoms with van der Waals surface area (Å²) in [5, 5.41) is 8.79. The molecule has 2 aromatic rings. The minimum atomic E-state index is 0.466. The molecule has 17 heavy (non-hydrogen) atoms. The summed E-state index contributed by atoms with van der Waals surface area (Å²) < 4.78 is 3.24. The van der Waals surface area contributed by atoms with Gasteiger partial charge in [0.15, 0.2) is 0 Å². The van der Waals surface area contributed by atoms with E-state index in [-0.39, 0.29) is 0 Å². The van der Waals surface area contributed by atoms with Crippen LogP contribution in [0.5, 0.6) is 0 Å². The van der Waals surface area contributed by atoms with E-state index in [1.165, 1.54) is 0 Å². The first-order valence-corrected chi connectivity index (χ1v) is 6.23. The summed E-state index contributed by atoms with van der Waals surface area (Å²) in [7, 11) is 0. The van der Waals surface area contributed by atoms with Gasteiger partial charge >= 0.3 is 0 Å². The fourth-order valence-electron chi connectivity index (χ4n) is 2.11. The Morgan fingerprint density at radius 3 is 2.71 bits per heavy atom. The van der Waals surface area contributed by atoms with Gasteiger partial charge in [0.05, 0.1) is 12.5 Å². The molecule has 1 heterocycles. The maximum atomic E-state index is 8.79. The van der Waals surface area contributed by atoms with Crippen LogP contribution in [0.3, 0.4) is 0 Å². The summed E-state index contributed by atoms with van der Waals surface area (Å²) in [6.45, 7) is 4.12. The van der Waals surface area contributed by atoms with Gasteiger partial charge in [-0.2, -0.15) is 5.26 Å². The van der Waals surface area contributed by atoms with Gasteiger partial charge in [0.1, 0.15) is 0 Å². The maximum absolute atomic E-state index is 8.79. The lowest BCUT2D eigenvalue weighted by atomic mass is 10.2. The Hall–Kier alpha value is -1.53. The van der Waals surface area contributed by atoms with E-state index in [2.05, 4.69) is 58.6 Å². The predicted molar refractivity (Wildman–Crippen MR) is 72.3 cm³/mol. The van der Waals surface area contributed by atoms with E-state index < -0.39 is 0 Å². The molecule has 1 aromatic heterocycles. The van der Waals surface area contributed by atoms with Crippen LogP contribution in [0.2, 0.25) is 0 Å². The van der Waals surface area contributed by atoms with Gasteiger partial charge in [-0.15, -0.1) is 0 Å². The molecule has 0 saturated heterocycles. The SMILES string of the molecule is Cc1cc(CC#N)c(C)n1-c1cccc(Br)c1. The van der Waals surface area contributed by atoms with Crippen molar-refractivity contribution in [2.75, 3.05) is 0 Å². The van der Waals surface area contributed by atoms with Gasteiger partial charge in [0.25, 0.3) is 0 Å². The maximum Gasteiger partial charge on any atom is 0.0670 e. The highest BCUT2D eigenvalue weighted by Crippen LogP contribution is 2.23. The monoisotopic (exact) mass is 288 g/mol. The summed E-state index contributed by atoms with van der Waals surface area (Å²) >= 11 is 3.48. The number of hydrogen-bond donors (Lipinski definition) is 0. The topological polar surface area (TPSA) is 28.7 Å². The molecule has 2 nitrogen and oxygen atoms in total. The minimum Gasteiger partial charge on any atom is -0.318 e. The van der Waals surface area contributed by atoms with Gasteiger partial charge in [0.2, 0.25) is 0 Å². The molecule has 0 fully saturated rings. The fraction of sp³-hybridized carbons (Fsp3) is 0.214. The Morgan fingerprint density at radius 1 is 1.29 bits per heavy atom. The minimum absolute atomic E-state index is 0.466. The van der Waals surface area contributed by atoms with Crippen molar-refractivity contribution in [1.82, 2.24) is 4.57 Å². The molecule has 0 spiro atoms. The van der Waals surface area contributed by atoms with Gasteiger partial charge in [-0.1, -0.05) is 22.0 Å². The van der Waals surface area contributed by atoms with Crippen molar-refractivity contribution in [3.8, 4) is 11.8 Å². The van der Waals surface area contributed by atoms with Crippen LogP contribution in [-0.4, -0.2) is 4.57 Å². The van der Waals surface area contributed by atoms with Crippen LogP contribution in [0.15, 0.2) is 34.8 Å². The van der Waals surface area contributed by atoms with E-state index in [1.807, 2.05) is 12.1 Å². The van der Waals surface area contributed by atoms with Crippen LogP contribution in [0, 0.1) is 25.2 Å². The standard InChI is InChI=1S/C14H13BrN2/c1-10-8-12(6-7-16)11(2)17(10)14-5-3-4-13(15)9-14/h3-5,8-9H,6H2,1-2H3. The molecule has 0 N–H and O–H groups in total. The van der Waals surface area contributed by atoms with E-state index >= 15 is 0 Å². The lowest BCUT2D eigenvalue weighted by Gasteiger charge is -2.10. The molecule has 0 aliphatic carbocycles. The summed E-state index contributed by atoms with van der Waals surface area (Å²) in [6, 6.07) is 12.5. The molecular weight excluding hydrogens is 276 g/mol. The largest absolute Gasteiger partial charge is 0.318 e. The summed E-state index contributed by atoms with van der Waals surface area (Å²) in [4.78, 5) is 0. The Labute approximate surface area is 110 Å². The van der Waals surface area contributed by atoms with Crippen LogP contribution in [0.4, 0.5) is 0 Å². The first-order chi connectivity index (χ1) is 8.13. The third kappa shape index (κ3) is 2.27. The molecule has 0 bridgehead atoms. The Morgan fingerprint density at radius 2 is 2.06 bits per heavy atom. The second-order valence-electron chi connectivity index (χ2n) is 4.05. The van der Waals surface area contributed by atoms with E-state index in [4.69, 9.17) is 5.26 Å². The van der Waals surface area contributed by atoms with Gasteiger partial charge in [0, 0.05) is 21.5 Å². The fourth-order valence-corrected chi connectivity index (χ4v) is 2.49. The van der Waals surface area contributed by atoms with Crippen molar-refractivity contribution in [2.24, 2.45) is 0 Å². The zero-order chi connectivity index (χ0) is 12.4. The second-order valence-corrected chi connectivity index (χ2v) is 4.96. The van der Waals surface area contributed by atoms with Crippen molar-refractivity contribution in [2.45, 2.75) is 20.3 Å². The Bertz CT molecular complexity index is 591. The van der Waals surface area contributed by atoms with Gasteiger partial charge in [-0.25, -0.2) is 0 Å². The highest BCUT2D eigenvalue weighted by Gasteiger charge is 2.10. The second kappa shape index (κ2) is 4.77. The van der Waals surface area contributed by atoms with Gasteiger partial charge in [-0.05, 0) is 43.7 Å². The molecule has 0 saturated carbocycles. The van der Waals surface area contributed by atoms with E-state index in [0.717, 1.165) is 27.1 Å². The molecule has 3 heteroatoms. The lowest BCUT2D eigenvalue weighted by molar-refractivity contribution is 0.955. The average molecular weight is 289 g/mol. The van der Waals surface area contributed by atoms with E-state index in [9.17, 15) is 0 Å². The molecule has 0 aliphatic heterocycles. The molecule has 1 aromatic carbocycles. The summed E-state index contributed by atoms with van der Waals surface area (Å²) in [5.41, 5.74) is 4.52. The number of nitrogens with zero attached hydrogens (tertiary/aromatic N) is 2. The predicted octanol–water partition coefficient (Wildman–Crippen LogP) is 3.92. The first-order valence-electron chi connectivity index (χ1n) is 5.44. The highest BCUT2D eigenvalue weighted by molar-refractivity contribution is 9.10. The van der Waals surface area contributed by atoms with Gasteiger partial charge in [-0.3, -0.25) is 0 Å². The Balaban J connectivity index is 2.56. The highest BCUT2D eigenvalue weighted by atomic mass is 79.9. The number of nitriles is 1. The quantitative estimate of drug-likeness (QED) is 0.823. The van der Waals surface area contributed by atoms with E-state index in [1.54, 1.807) is 0 Å². The molecular formula is C14H13BrN2. The van der Waals surface area contributed by atoms with Gasteiger partial charge < -0.3 is 4.57 Å². The van der Waals surface area contributed by atoms with Crippen molar-refractivity contribution >= 4 is 15.9 Å². The number of aryl methyl sites for hydroxylation is 1. The van der Waals surface area contributed by atoms with Crippen molar-refractivity contribution < 1.29 is 0 Å². The van der Waals surface area contributed by atoms with Crippen LogP contribution >= 0.6 is 15.9 Å². The Kier molecular flexibility index (Phi) is 3.35. The third-order valence-electron chi connectivity index (χ3n) is 2.87. The molecule has 0 atom stereocenters. The number of aromatic nitrogens is 1. The zero-order valence-electron chi connectivity index (χ0n) is 9.87. The van der Waals surface area contributed by atoms with Crippen molar-refractivity contribution in [3.05, 3.63) is 51.8 Å². The first kappa shape index (κ1) is 11.9. The molecule has 86 valence electrons. The number of halogens is 1. The molecule has 2 rings (SSSR count). The van der Waals surface area contributed by atoms with Crippen molar-refractivity contribution in [3.63, 3.8) is 0 Å². The lowest BCUT2D eigenvalue weighted by Crippen LogP contribution is -1.99. The third-order valence-corrected chi connectivity index (χ3v) is 3.37. The number of rotatable bonds is 2. The van der Waals surface area contributed by atoms with E-state index in [0.29, 0.717) is 6.42 Å². The van der Waals surface area contributed by atoms with Crippen molar-refractivity contribution in [1.29, 1.82) is 5.26 Å². The molecule has 0 amide bonds. The number of hydrogen-bond acceptors (Lipinski definition) is 1. The zero-order valence-corrected chi connectivity index (χ0v) is 11.5. The molecule has 0 unspecified atom stereocenters. The summed E-state index contributed by atoms with van der Waals surface area (Å²) in [5.74, 6) is 0. The summed E-state index contributed by atoms with van der Waals surface area (Å²) in [6.07, 6.45) is 0.466. The molecule has 0 radical (unpaired) electrons. The van der Waals surface area contributed by atoms with Crippen LogP contribution in [0.1, 0.15) is 17.0 Å². The molecule has 0 aliphatic rings. The average Bonchev–Trinajstić information content (AvgIpc) is 2.55. The number of benzene rings is 1.